The Morgan fingerprint density at radius 3 is 2.84 bits per heavy atom. The molecule has 2 aliphatic rings. The average Bonchev–Trinajstić information content (AvgIpc) is 3.48. The molecular formula is C28H37N7O3. The fraction of sp³-hybridized carbons (Fsp3) is 0.500. The maximum atomic E-state index is 13.7. The van der Waals surface area contributed by atoms with Crippen LogP contribution in [0.3, 0.4) is 0 Å². The van der Waals surface area contributed by atoms with Crippen LogP contribution in [0.1, 0.15) is 37.4 Å². The fourth-order valence-corrected chi connectivity index (χ4v) is 4.97. The standard InChI is InChI=1S/C28H37N7O3/c1-3-4-10-33(11-7-22-5-6-24-25(17-22)38-15-14-37-24)27(36)18-23-19-29-9-13-35(23)26-16-21(2)31-28(32-26)34-12-8-30-20-34/h5-6,8,12,16-17,20,23,29H,3-4,7,9-11,13-15,18-19H2,1-2H3. The van der Waals surface area contributed by atoms with E-state index in [4.69, 9.17) is 14.5 Å². The maximum Gasteiger partial charge on any atom is 0.237 e. The number of benzene rings is 1. The van der Waals surface area contributed by atoms with Crippen molar-refractivity contribution >= 4 is 11.7 Å². The minimum atomic E-state index is 0.0135. The van der Waals surface area contributed by atoms with Crippen LogP contribution in [0.15, 0.2) is 43.0 Å². The molecule has 3 aromatic rings. The van der Waals surface area contributed by atoms with E-state index in [-0.39, 0.29) is 11.9 Å². The second-order valence-electron chi connectivity index (χ2n) is 9.86. The highest BCUT2D eigenvalue weighted by Crippen LogP contribution is 2.31. The van der Waals surface area contributed by atoms with E-state index in [9.17, 15) is 4.79 Å². The summed E-state index contributed by atoms with van der Waals surface area (Å²) in [6.07, 6.45) is 8.49. The van der Waals surface area contributed by atoms with Crippen molar-refractivity contribution in [2.24, 2.45) is 0 Å². The Morgan fingerprint density at radius 2 is 2.03 bits per heavy atom. The second kappa shape index (κ2) is 12.3. The van der Waals surface area contributed by atoms with Crippen LogP contribution < -0.4 is 19.7 Å². The van der Waals surface area contributed by atoms with Gasteiger partial charge >= 0.3 is 0 Å². The lowest BCUT2D eigenvalue weighted by molar-refractivity contribution is -0.131. The molecule has 10 heteroatoms. The van der Waals surface area contributed by atoms with Gasteiger partial charge in [-0.25, -0.2) is 9.97 Å². The summed E-state index contributed by atoms with van der Waals surface area (Å²) in [6.45, 7) is 9.08. The molecule has 10 nitrogen and oxygen atoms in total. The van der Waals surface area contributed by atoms with Crippen LogP contribution in [0.4, 0.5) is 5.82 Å². The summed E-state index contributed by atoms with van der Waals surface area (Å²) in [5.41, 5.74) is 2.03. The van der Waals surface area contributed by atoms with Crippen molar-refractivity contribution in [3.8, 4) is 17.4 Å². The zero-order valence-electron chi connectivity index (χ0n) is 22.3. The van der Waals surface area contributed by atoms with Gasteiger partial charge in [-0.2, -0.15) is 4.98 Å². The molecule has 0 spiro atoms. The first-order valence-corrected chi connectivity index (χ1v) is 13.6. The maximum absolute atomic E-state index is 13.7. The van der Waals surface area contributed by atoms with Crippen LogP contribution in [-0.2, 0) is 11.2 Å². The largest absolute Gasteiger partial charge is 0.486 e. The average molecular weight is 520 g/mol. The van der Waals surface area contributed by atoms with Gasteiger partial charge < -0.3 is 24.6 Å². The van der Waals surface area contributed by atoms with Crippen LogP contribution in [-0.4, -0.2) is 82.3 Å². The molecular weight excluding hydrogens is 482 g/mol. The van der Waals surface area contributed by atoms with Gasteiger partial charge in [0.05, 0.1) is 6.04 Å². The smallest absolute Gasteiger partial charge is 0.237 e. The number of carbonyl (C=O) groups is 1. The first-order chi connectivity index (χ1) is 18.6. The molecule has 38 heavy (non-hydrogen) atoms. The second-order valence-corrected chi connectivity index (χ2v) is 9.86. The number of aromatic nitrogens is 4. The summed E-state index contributed by atoms with van der Waals surface area (Å²) < 4.78 is 13.2. The number of nitrogens with zero attached hydrogens (tertiary/aromatic N) is 6. The predicted octanol–water partition coefficient (Wildman–Crippen LogP) is 2.78. The summed E-state index contributed by atoms with van der Waals surface area (Å²) in [6, 6.07) is 8.09. The number of amides is 1. The monoisotopic (exact) mass is 519 g/mol. The van der Waals surface area contributed by atoms with E-state index in [1.165, 1.54) is 0 Å². The summed E-state index contributed by atoms with van der Waals surface area (Å²) in [4.78, 5) is 31.5. The van der Waals surface area contributed by atoms with Gasteiger partial charge in [-0.3, -0.25) is 9.36 Å². The van der Waals surface area contributed by atoms with Gasteiger partial charge in [-0.1, -0.05) is 19.4 Å². The summed E-state index contributed by atoms with van der Waals surface area (Å²) in [5.74, 6) is 3.19. The normalized spacial score (nSPS) is 16.9. The van der Waals surface area contributed by atoms with Crippen molar-refractivity contribution < 1.29 is 14.3 Å². The highest BCUT2D eigenvalue weighted by Gasteiger charge is 2.28. The first kappa shape index (κ1) is 26.0. The van der Waals surface area contributed by atoms with Gasteiger partial charge in [0.1, 0.15) is 25.4 Å². The molecule has 0 aliphatic carbocycles. The van der Waals surface area contributed by atoms with E-state index in [1.807, 2.05) is 40.8 Å². The predicted molar refractivity (Wildman–Crippen MR) is 145 cm³/mol. The molecule has 1 aromatic carbocycles. The number of hydrogen-bond acceptors (Lipinski definition) is 8. The first-order valence-electron chi connectivity index (χ1n) is 13.6. The van der Waals surface area contributed by atoms with Gasteiger partial charge in [0.25, 0.3) is 0 Å². The molecule has 4 heterocycles. The number of nitrogens with one attached hydrogen (secondary N) is 1. The molecule has 1 fully saturated rings. The minimum Gasteiger partial charge on any atom is -0.486 e. The quantitative estimate of drug-likeness (QED) is 0.437. The van der Waals surface area contributed by atoms with E-state index in [0.717, 1.165) is 74.0 Å². The molecule has 2 aromatic heterocycles. The van der Waals surface area contributed by atoms with E-state index in [1.54, 1.807) is 12.5 Å². The van der Waals surface area contributed by atoms with E-state index in [2.05, 4.69) is 33.2 Å². The van der Waals surface area contributed by atoms with Crippen LogP contribution in [0, 0.1) is 6.92 Å². The van der Waals surface area contributed by atoms with Gasteiger partial charge in [0.2, 0.25) is 11.9 Å². The Bertz CT molecular complexity index is 1220. The number of carbonyl (C=O) groups excluding carboxylic acids is 1. The zero-order valence-corrected chi connectivity index (χ0v) is 22.3. The highest BCUT2D eigenvalue weighted by molar-refractivity contribution is 5.77. The molecule has 0 saturated carbocycles. The molecule has 1 N–H and O–H groups in total. The number of fused-ring (bicyclic) bond motifs is 1. The van der Waals surface area contributed by atoms with Crippen molar-refractivity contribution in [2.75, 3.05) is 50.8 Å². The molecule has 0 radical (unpaired) electrons. The number of piperazine rings is 1. The molecule has 0 bridgehead atoms. The van der Waals surface area contributed by atoms with Crippen molar-refractivity contribution in [1.82, 2.24) is 29.7 Å². The number of ether oxygens (including phenoxy) is 2. The summed E-state index contributed by atoms with van der Waals surface area (Å²) >= 11 is 0. The zero-order chi connectivity index (χ0) is 26.3. The van der Waals surface area contributed by atoms with Crippen LogP contribution >= 0.6 is 0 Å². The Kier molecular flexibility index (Phi) is 8.37. The molecule has 2 aliphatic heterocycles. The number of unbranched alkanes of at least 4 members (excludes halogenated alkanes) is 1. The molecule has 1 amide bonds. The van der Waals surface area contributed by atoms with Crippen LogP contribution in [0.2, 0.25) is 0 Å². The third-order valence-corrected chi connectivity index (χ3v) is 7.03. The van der Waals surface area contributed by atoms with Gasteiger partial charge in [0.15, 0.2) is 11.5 Å². The summed E-state index contributed by atoms with van der Waals surface area (Å²) in [5, 5.41) is 3.47. The van der Waals surface area contributed by atoms with E-state index >= 15 is 0 Å². The van der Waals surface area contributed by atoms with Gasteiger partial charge in [0, 0.05) is 63.3 Å². The summed E-state index contributed by atoms with van der Waals surface area (Å²) in [7, 11) is 0. The Morgan fingerprint density at radius 1 is 1.16 bits per heavy atom. The fourth-order valence-electron chi connectivity index (χ4n) is 4.97. The number of rotatable bonds is 10. The number of aryl methyl sites for hydroxylation is 1. The van der Waals surface area contributed by atoms with Crippen molar-refractivity contribution in [3.05, 3.63) is 54.2 Å². The lowest BCUT2D eigenvalue weighted by Gasteiger charge is -2.38. The van der Waals surface area contributed by atoms with Crippen molar-refractivity contribution in [1.29, 1.82) is 0 Å². The Hall–Kier alpha value is -3.66. The van der Waals surface area contributed by atoms with Crippen LogP contribution in [0.25, 0.3) is 5.95 Å². The SMILES string of the molecule is CCCCN(CCc1ccc2c(c1)OCCO2)C(=O)CC1CNCCN1c1cc(C)nc(-n2ccnc2)n1. The molecule has 1 unspecified atom stereocenters. The lowest BCUT2D eigenvalue weighted by Crippen LogP contribution is -2.53. The Labute approximate surface area is 224 Å². The van der Waals surface area contributed by atoms with E-state index in [0.29, 0.717) is 32.1 Å². The number of hydrogen-bond donors (Lipinski definition) is 1. The van der Waals surface area contributed by atoms with Crippen LogP contribution in [0.5, 0.6) is 11.5 Å². The number of imidazole rings is 1. The highest BCUT2D eigenvalue weighted by atomic mass is 16.6. The number of anilines is 1. The van der Waals surface area contributed by atoms with Gasteiger partial charge in [-0.05, 0) is 37.5 Å². The van der Waals surface area contributed by atoms with Gasteiger partial charge in [-0.15, -0.1) is 0 Å². The molecule has 1 saturated heterocycles. The van der Waals surface area contributed by atoms with Crippen molar-refractivity contribution in [3.63, 3.8) is 0 Å². The third kappa shape index (κ3) is 6.24. The minimum absolute atomic E-state index is 0.0135. The van der Waals surface area contributed by atoms with Crippen molar-refractivity contribution in [2.45, 2.75) is 45.6 Å². The Balaban J connectivity index is 1.28. The molecule has 202 valence electrons. The molecule has 1 atom stereocenters. The molecule has 5 rings (SSSR count). The topological polar surface area (TPSA) is 97.6 Å². The third-order valence-electron chi connectivity index (χ3n) is 7.03. The lowest BCUT2D eigenvalue weighted by atomic mass is 10.1. The van der Waals surface area contributed by atoms with E-state index < -0.39 is 0 Å².